The van der Waals surface area contributed by atoms with Gasteiger partial charge in [0.2, 0.25) is 0 Å². The van der Waals surface area contributed by atoms with Gasteiger partial charge in [-0.25, -0.2) is 13.1 Å². The molecule has 3 heterocycles. The van der Waals surface area contributed by atoms with Gasteiger partial charge in [-0.15, -0.1) is 4.40 Å². The number of rotatable bonds is 2. The van der Waals surface area contributed by atoms with Crippen molar-refractivity contribution in [3.8, 4) is 0 Å². The Balaban J connectivity index is 1.61. The van der Waals surface area contributed by atoms with Gasteiger partial charge in [-0.1, -0.05) is 0 Å². The molecule has 8 nitrogen and oxygen atoms in total. The Morgan fingerprint density at radius 2 is 2.00 bits per heavy atom. The maximum absolute atomic E-state index is 12.8. The molecular formula is C18H21N5O3S2. The van der Waals surface area contributed by atoms with E-state index in [1.165, 1.54) is 11.8 Å². The lowest BCUT2D eigenvalue weighted by atomic mass is 10.1. The average molecular weight is 420 g/mol. The lowest BCUT2D eigenvalue weighted by Gasteiger charge is -2.22. The first-order valence-electron chi connectivity index (χ1n) is 8.84. The molecule has 1 amide bonds. The van der Waals surface area contributed by atoms with Crippen LogP contribution in [0.4, 0.5) is 11.5 Å². The number of fused-ring (bicyclic) bond motifs is 3. The Morgan fingerprint density at radius 1 is 1.25 bits per heavy atom. The minimum atomic E-state index is -3.40. The summed E-state index contributed by atoms with van der Waals surface area (Å²) in [5, 5.41) is 7.85. The van der Waals surface area contributed by atoms with Crippen molar-refractivity contribution in [3.63, 3.8) is 0 Å². The topological polar surface area (TPSA) is 96.7 Å². The molecular weight excluding hydrogens is 398 g/mol. The van der Waals surface area contributed by atoms with Gasteiger partial charge in [-0.05, 0) is 57.7 Å². The number of nitrogens with zero attached hydrogens (tertiary/aromatic N) is 4. The quantitative estimate of drug-likeness (QED) is 0.804. The third-order valence-electron chi connectivity index (χ3n) is 4.44. The summed E-state index contributed by atoms with van der Waals surface area (Å²) in [7, 11) is -3.40. The third-order valence-corrected chi connectivity index (χ3v) is 6.75. The van der Waals surface area contributed by atoms with E-state index in [-0.39, 0.29) is 17.2 Å². The molecule has 0 unspecified atom stereocenters. The molecule has 4 rings (SSSR count). The van der Waals surface area contributed by atoms with E-state index in [1.807, 2.05) is 44.7 Å². The van der Waals surface area contributed by atoms with Gasteiger partial charge in [-0.2, -0.15) is 5.10 Å². The molecule has 2 aliphatic heterocycles. The third kappa shape index (κ3) is 3.42. The van der Waals surface area contributed by atoms with Gasteiger partial charge in [0.05, 0.1) is 22.7 Å². The van der Waals surface area contributed by atoms with Crippen molar-refractivity contribution in [3.05, 3.63) is 35.5 Å². The minimum absolute atomic E-state index is 0.00508. The molecule has 0 bridgehead atoms. The van der Waals surface area contributed by atoms with Crippen molar-refractivity contribution >= 4 is 44.4 Å². The summed E-state index contributed by atoms with van der Waals surface area (Å²) in [6.45, 7) is 8.32. The predicted molar refractivity (Wildman–Crippen MR) is 111 cm³/mol. The van der Waals surface area contributed by atoms with Crippen molar-refractivity contribution in [2.45, 2.75) is 38.1 Å². The van der Waals surface area contributed by atoms with Crippen molar-refractivity contribution < 1.29 is 13.2 Å². The summed E-state index contributed by atoms with van der Waals surface area (Å²) in [4.78, 5) is 15.5. The van der Waals surface area contributed by atoms with Gasteiger partial charge >= 0.3 is 0 Å². The van der Waals surface area contributed by atoms with Crippen LogP contribution in [0.3, 0.4) is 0 Å². The van der Waals surface area contributed by atoms with Crippen molar-refractivity contribution in [1.82, 2.24) is 9.78 Å². The van der Waals surface area contributed by atoms with Gasteiger partial charge in [0.25, 0.3) is 15.9 Å². The van der Waals surface area contributed by atoms with Crippen LogP contribution in [0.2, 0.25) is 0 Å². The highest BCUT2D eigenvalue weighted by Gasteiger charge is 2.33. The predicted octanol–water partition coefficient (Wildman–Crippen LogP) is 2.81. The second kappa shape index (κ2) is 6.35. The fourth-order valence-corrected chi connectivity index (χ4v) is 5.46. The molecule has 0 saturated carbocycles. The lowest BCUT2D eigenvalue weighted by Crippen LogP contribution is -2.35. The first-order valence-corrected chi connectivity index (χ1v) is 11.3. The van der Waals surface area contributed by atoms with Crippen molar-refractivity contribution in [2.24, 2.45) is 4.40 Å². The number of carbonyl (C=O) groups excluding carboxylic acids is 1. The first kappa shape index (κ1) is 19.0. The molecule has 1 N–H and O–H groups in total. The maximum atomic E-state index is 12.8. The molecule has 0 atom stereocenters. The van der Waals surface area contributed by atoms with Crippen LogP contribution in [0, 0.1) is 6.92 Å². The highest BCUT2D eigenvalue weighted by Crippen LogP contribution is 2.42. The largest absolute Gasteiger partial charge is 0.318 e. The van der Waals surface area contributed by atoms with Crippen LogP contribution in [0.1, 0.15) is 36.8 Å². The van der Waals surface area contributed by atoms with E-state index in [2.05, 4.69) is 14.8 Å². The molecule has 0 saturated heterocycles. The molecule has 2 aliphatic rings. The number of aryl methyl sites for hydroxylation is 1. The Labute approximate surface area is 168 Å². The number of amidine groups is 1. The Kier molecular flexibility index (Phi) is 4.31. The zero-order valence-electron chi connectivity index (χ0n) is 16.1. The summed E-state index contributed by atoms with van der Waals surface area (Å²) in [6, 6.07) is 7.19. The number of thioether (sulfide) groups is 1. The van der Waals surface area contributed by atoms with Gasteiger partial charge in [-0.3, -0.25) is 4.79 Å². The van der Waals surface area contributed by atoms with Crippen LogP contribution >= 0.6 is 11.8 Å². The van der Waals surface area contributed by atoms with E-state index in [0.29, 0.717) is 23.1 Å². The fraction of sp³-hybridized carbons (Fsp3) is 0.389. The van der Waals surface area contributed by atoms with Crippen LogP contribution in [-0.4, -0.2) is 41.6 Å². The monoisotopic (exact) mass is 419 g/mol. The molecule has 0 spiro atoms. The molecule has 148 valence electrons. The number of carbonyl (C=O) groups is 1. The standard InChI is InChI=1S/C18H21N5O3S2/c1-11-9-15(23(20-11)18(2,3)4)19-16(24)12-5-6-13-14(10-12)27-17-21-28(25,26)8-7-22(13)17/h5-6,9-10H,7-8H2,1-4H3,(H,19,24). The van der Waals surface area contributed by atoms with Gasteiger partial charge in [0.15, 0.2) is 5.17 Å². The molecule has 2 aromatic rings. The molecule has 0 radical (unpaired) electrons. The van der Waals surface area contributed by atoms with Gasteiger partial charge in [0.1, 0.15) is 5.82 Å². The summed E-state index contributed by atoms with van der Waals surface area (Å²) < 4.78 is 29.1. The normalized spacial score (nSPS) is 17.7. The second-order valence-electron chi connectivity index (χ2n) is 7.80. The summed E-state index contributed by atoms with van der Waals surface area (Å²) in [5.74, 6) is 0.388. The lowest BCUT2D eigenvalue weighted by molar-refractivity contribution is 0.102. The zero-order chi connectivity index (χ0) is 20.3. The SMILES string of the molecule is Cc1cc(NC(=O)c2ccc3c(c2)SC2=NS(=O)(=O)CCN23)n(C(C)(C)C)n1. The van der Waals surface area contributed by atoms with Gasteiger partial charge in [0, 0.05) is 23.1 Å². The summed E-state index contributed by atoms with van der Waals surface area (Å²) in [5.41, 5.74) is 1.93. The molecule has 0 fully saturated rings. The van der Waals surface area contributed by atoms with Crippen LogP contribution in [0.15, 0.2) is 33.6 Å². The van der Waals surface area contributed by atoms with Crippen LogP contribution < -0.4 is 10.2 Å². The summed E-state index contributed by atoms with van der Waals surface area (Å²) >= 11 is 1.27. The average Bonchev–Trinajstić information content (AvgIpc) is 3.12. The van der Waals surface area contributed by atoms with E-state index in [1.54, 1.807) is 16.8 Å². The van der Waals surface area contributed by atoms with Gasteiger partial charge < -0.3 is 10.2 Å². The fourth-order valence-electron chi connectivity index (χ4n) is 3.16. The molecule has 1 aromatic heterocycles. The Bertz CT molecular complexity index is 1110. The number of sulfonamides is 1. The maximum Gasteiger partial charge on any atom is 0.257 e. The number of benzene rings is 1. The Hall–Kier alpha value is -2.33. The van der Waals surface area contributed by atoms with Crippen LogP contribution in [-0.2, 0) is 15.6 Å². The zero-order valence-corrected chi connectivity index (χ0v) is 17.7. The molecule has 0 aliphatic carbocycles. The van der Waals surface area contributed by atoms with Crippen molar-refractivity contribution in [1.29, 1.82) is 0 Å². The van der Waals surface area contributed by atoms with E-state index >= 15 is 0 Å². The van der Waals surface area contributed by atoms with E-state index in [9.17, 15) is 13.2 Å². The summed E-state index contributed by atoms with van der Waals surface area (Å²) in [6.07, 6.45) is 0. The minimum Gasteiger partial charge on any atom is -0.318 e. The molecule has 28 heavy (non-hydrogen) atoms. The van der Waals surface area contributed by atoms with E-state index in [4.69, 9.17) is 0 Å². The van der Waals surface area contributed by atoms with Crippen LogP contribution in [0.25, 0.3) is 0 Å². The highest BCUT2D eigenvalue weighted by atomic mass is 32.2. The second-order valence-corrected chi connectivity index (χ2v) is 10.6. The number of hydrogen-bond donors (Lipinski definition) is 1. The molecule has 1 aromatic carbocycles. The van der Waals surface area contributed by atoms with E-state index < -0.39 is 10.0 Å². The smallest absolute Gasteiger partial charge is 0.257 e. The first-order chi connectivity index (χ1) is 13.0. The molecule has 10 heteroatoms. The van der Waals surface area contributed by atoms with Crippen LogP contribution in [0.5, 0.6) is 0 Å². The Morgan fingerprint density at radius 3 is 2.71 bits per heavy atom. The number of aromatic nitrogens is 2. The van der Waals surface area contributed by atoms with E-state index in [0.717, 1.165) is 16.3 Å². The number of amides is 1. The highest BCUT2D eigenvalue weighted by molar-refractivity contribution is 8.15. The number of hydrogen-bond acceptors (Lipinski definition) is 6. The van der Waals surface area contributed by atoms with Crippen molar-refractivity contribution in [2.75, 3.05) is 22.5 Å². The number of anilines is 2. The number of nitrogens with one attached hydrogen (secondary N) is 1.